The highest BCUT2D eigenvalue weighted by Gasteiger charge is 2.39. The van der Waals surface area contributed by atoms with E-state index < -0.39 is 5.60 Å². The molecule has 2 rings (SSSR count). The predicted octanol–water partition coefficient (Wildman–Crippen LogP) is 2.23. The monoisotopic (exact) mass is 241 g/mol. The predicted molar refractivity (Wildman–Crippen MR) is 61.1 cm³/mol. The summed E-state index contributed by atoms with van der Waals surface area (Å²) < 4.78 is 16.2. The molecule has 2 heterocycles. The minimum absolute atomic E-state index is 0.0822. The van der Waals surface area contributed by atoms with E-state index in [4.69, 9.17) is 14.2 Å². The Kier molecular flexibility index (Phi) is 3.17. The van der Waals surface area contributed by atoms with Gasteiger partial charge < -0.3 is 14.2 Å². The van der Waals surface area contributed by atoms with Gasteiger partial charge in [0.1, 0.15) is 18.1 Å². The number of rotatable bonds is 0. The van der Waals surface area contributed by atoms with Gasteiger partial charge in [-0.05, 0) is 33.6 Å². The number of piperidine rings is 1. The van der Waals surface area contributed by atoms with Crippen LogP contribution in [0.1, 0.15) is 33.6 Å². The van der Waals surface area contributed by atoms with Gasteiger partial charge in [-0.2, -0.15) is 0 Å². The Morgan fingerprint density at radius 2 is 2.06 bits per heavy atom. The minimum atomic E-state index is -0.491. The Hall–Kier alpha value is -1.39. The number of hydrogen-bond acceptors (Lipinski definition) is 4. The van der Waals surface area contributed by atoms with Crippen LogP contribution in [0.3, 0.4) is 0 Å². The van der Waals surface area contributed by atoms with Crippen molar-refractivity contribution in [1.29, 1.82) is 0 Å². The van der Waals surface area contributed by atoms with E-state index >= 15 is 0 Å². The van der Waals surface area contributed by atoms with E-state index in [0.717, 1.165) is 12.8 Å². The van der Waals surface area contributed by atoms with E-state index in [-0.39, 0.29) is 18.4 Å². The minimum Gasteiger partial charge on any atom is -0.489 e. The van der Waals surface area contributed by atoms with Crippen LogP contribution in [-0.2, 0) is 14.2 Å². The van der Waals surface area contributed by atoms with Crippen molar-refractivity contribution in [2.75, 3.05) is 6.54 Å². The highest BCUT2D eigenvalue weighted by molar-refractivity contribution is 5.68. The smallest absolute Gasteiger partial charge is 0.413 e. The number of likely N-dealkylation sites (tertiary alicyclic amines) is 1. The molecule has 0 radical (unpaired) electrons. The first-order chi connectivity index (χ1) is 7.97. The molecule has 0 N–H and O–H groups in total. The fourth-order valence-corrected chi connectivity index (χ4v) is 1.99. The molecule has 0 aromatic heterocycles. The molecule has 2 atom stereocenters. The highest BCUT2D eigenvalue weighted by atomic mass is 16.6. The summed E-state index contributed by atoms with van der Waals surface area (Å²) in [6.45, 7) is 6.20. The summed E-state index contributed by atoms with van der Waals surface area (Å²) in [5.74, 6) is 0. The van der Waals surface area contributed by atoms with E-state index in [2.05, 4.69) is 0 Å². The maximum atomic E-state index is 12.0. The summed E-state index contributed by atoms with van der Waals surface area (Å²) in [4.78, 5) is 13.6. The molecular weight excluding hydrogens is 222 g/mol. The largest absolute Gasteiger partial charge is 0.489 e. The second kappa shape index (κ2) is 4.47. The number of ether oxygens (including phenoxy) is 3. The molecule has 5 heteroatoms. The topological polar surface area (TPSA) is 48.0 Å². The Labute approximate surface area is 101 Å². The van der Waals surface area contributed by atoms with Crippen LogP contribution in [0, 0.1) is 0 Å². The summed E-state index contributed by atoms with van der Waals surface area (Å²) in [5, 5.41) is 0. The second-order valence-electron chi connectivity index (χ2n) is 5.29. The first-order valence-corrected chi connectivity index (χ1v) is 5.93. The van der Waals surface area contributed by atoms with Crippen LogP contribution < -0.4 is 0 Å². The molecular formula is C12H19NO4. The van der Waals surface area contributed by atoms with Crippen LogP contribution in [0.2, 0.25) is 0 Å². The van der Waals surface area contributed by atoms with Gasteiger partial charge in [0.15, 0.2) is 6.10 Å². The SMILES string of the molecule is CC(C)(C)OC(=O)N1CCCC2OC=COC21. The molecule has 0 bridgehead atoms. The summed E-state index contributed by atoms with van der Waals surface area (Å²) >= 11 is 0. The van der Waals surface area contributed by atoms with Gasteiger partial charge in [-0.3, -0.25) is 4.90 Å². The number of fused-ring (bicyclic) bond motifs is 1. The molecule has 2 unspecified atom stereocenters. The maximum absolute atomic E-state index is 12.0. The third-order valence-corrected chi connectivity index (χ3v) is 2.67. The van der Waals surface area contributed by atoms with E-state index in [1.807, 2.05) is 20.8 Å². The average molecular weight is 241 g/mol. The Bertz CT molecular complexity index is 321. The summed E-state index contributed by atoms with van der Waals surface area (Å²) in [7, 11) is 0. The third kappa shape index (κ3) is 2.84. The molecule has 1 amide bonds. The van der Waals surface area contributed by atoms with Crippen LogP contribution in [0.25, 0.3) is 0 Å². The van der Waals surface area contributed by atoms with Crippen LogP contribution in [0.15, 0.2) is 12.5 Å². The molecule has 1 saturated heterocycles. The number of carbonyl (C=O) groups is 1. The molecule has 0 saturated carbocycles. The zero-order chi connectivity index (χ0) is 12.5. The first-order valence-electron chi connectivity index (χ1n) is 5.93. The highest BCUT2D eigenvalue weighted by Crippen LogP contribution is 2.26. The average Bonchev–Trinajstić information content (AvgIpc) is 2.26. The normalized spacial score (nSPS) is 27.8. The third-order valence-electron chi connectivity index (χ3n) is 2.67. The number of amides is 1. The fourth-order valence-electron chi connectivity index (χ4n) is 1.99. The van der Waals surface area contributed by atoms with E-state index in [0.29, 0.717) is 6.54 Å². The van der Waals surface area contributed by atoms with Crippen molar-refractivity contribution in [2.45, 2.75) is 51.5 Å². The molecule has 0 spiro atoms. The lowest BCUT2D eigenvalue weighted by Gasteiger charge is -2.41. The van der Waals surface area contributed by atoms with Gasteiger partial charge in [0.25, 0.3) is 0 Å². The van der Waals surface area contributed by atoms with Crippen molar-refractivity contribution in [3.63, 3.8) is 0 Å². The zero-order valence-electron chi connectivity index (χ0n) is 10.5. The lowest BCUT2D eigenvalue weighted by Crippen LogP contribution is -2.54. The molecule has 96 valence electrons. The van der Waals surface area contributed by atoms with Gasteiger partial charge in [-0.1, -0.05) is 0 Å². The molecule has 0 aromatic rings. The molecule has 0 aromatic carbocycles. The van der Waals surface area contributed by atoms with Crippen molar-refractivity contribution in [1.82, 2.24) is 4.90 Å². The van der Waals surface area contributed by atoms with Gasteiger partial charge in [0, 0.05) is 6.54 Å². The quantitative estimate of drug-likeness (QED) is 0.652. The van der Waals surface area contributed by atoms with Gasteiger partial charge in [0.05, 0.1) is 0 Å². The Balaban J connectivity index is 2.04. The summed E-state index contributed by atoms with van der Waals surface area (Å²) in [6, 6.07) is 0. The number of nitrogens with zero attached hydrogens (tertiary/aromatic N) is 1. The summed E-state index contributed by atoms with van der Waals surface area (Å²) in [6.07, 6.45) is 4.02. The molecule has 1 fully saturated rings. The second-order valence-corrected chi connectivity index (χ2v) is 5.29. The van der Waals surface area contributed by atoms with Crippen molar-refractivity contribution < 1.29 is 19.0 Å². The Morgan fingerprint density at radius 3 is 2.76 bits per heavy atom. The van der Waals surface area contributed by atoms with E-state index in [1.54, 1.807) is 4.90 Å². The van der Waals surface area contributed by atoms with Crippen molar-refractivity contribution in [2.24, 2.45) is 0 Å². The molecule has 17 heavy (non-hydrogen) atoms. The summed E-state index contributed by atoms with van der Waals surface area (Å²) in [5.41, 5.74) is -0.491. The van der Waals surface area contributed by atoms with Crippen molar-refractivity contribution in [3.05, 3.63) is 12.5 Å². The standard InChI is InChI=1S/C12H19NO4/c1-12(2,3)17-11(14)13-6-4-5-9-10(13)16-8-7-15-9/h7-10H,4-6H2,1-3H3. The van der Waals surface area contributed by atoms with E-state index in [9.17, 15) is 4.79 Å². The van der Waals surface area contributed by atoms with E-state index in [1.165, 1.54) is 12.5 Å². The first kappa shape index (κ1) is 12.1. The lowest BCUT2D eigenvalue weighted by molar-refractivity contribution is -0.133. The van der Waals surface area contributed by atoms with Crippen LogP contribution >= 0.6 is 0 Å². The molecule has 2 aliphatic heterocycles. The lowest BCUT2D eigenvalue weighted by atomic mass is 10.1. The van der Waals surface area contributed by atoms with Crippen molar-refractivity contribution in [3.8, 4) is 0 Å². The van der Waals surface area contributed by atoms with Crippen LogP contribution in [0.5, 0.6) is 0 Å². The Morgan fingerprint density at radius 1 is 1.35 bits per heavy atom. The molecule has 2 aliphatic rings. The maximum Gasteiger partial charge on any atom is 0.413 e. The fraction of sp³-hybridized carbons (Fsp3) is 0.750. The number of carbonyl (C=O) groups excluding carboxylic acids is 1. The number of hydrogen-bond donors (Lipinski definition) is 0. The zero-order valence-corrected chi connectivity index (χ0v) is 10.5. The van der Waals surface area contributed by atoms with Crippen molar-refractivity contribution >= 4 is 6.09 Å². The van der Waals surface area contributed by atoms with Crippen LogP contribution in [-0.4, -0.2) is 35.5 Å². The van der Waals surface area contributed by atoms with Gasteiger partial charge in [-0.25, -0.2) is 4.79 Å². The van der Waals surface area contributed by atoms with Gasteiger partial charge in [0.2, 0.25) is 6.23 Å². The van der Waals surface area contributed by atoms with Crippen LogP contribution in [0.4, 0.5) is 4.79 Å². The molecule has 5 nitrogen and oxygen atoms in total. The van der Waals surface area contributed by atoms with Gasteiger partial charge in [-0.15, -0.1) is 0 Å². The molecule has 0 aliphatic carbocycles. The van der Waals surface area contributed by atoms with Gasteiger partial charge >= 0.3 is 6.09 Å².